The van der Waals surface area contributed by atoms with Crippen LogP contribution < -0.4 is 0 Å². The zero-order valence-electron chi connectivity index (χ0n) is 25.7. The fourth-order valence-corrected chi connectivity index (χ4v) is 4.86. The second kappa shape index (κ2) is 20.8. The molecule has 0 aliphatic rings. The van der Waals surface area contributed by atoms with Crippen molar-refractivity contribution in [2.45, 2.75) is 143 Å². The predicted octanol–water partition coefficient (Wildman–Crippen LogP) is 8.68. The zero-order chi connectivity index (χ0) is 29.9. The average Bonchev–Trinajstić information content (AvgIpc) is 2.91. The third-order valence-electron chi connectivity index (χ3n) is 6.91. The second-order valence-corrected chi connectivity index (χ2v) is 10.4. The van der Waals surface area contributed by atoms with Crippen molar-refractivity contribution in [1.29, 1.82) is 0 Å². The quantitative estimate of drug-likeness (QED) is 0.0944. The van der Waals surface area contributed by atoms with Crippen LogP contribution in [0.25, 0.3) is 0 Å². The monoisotopic (exact) mass is 566 g/mol. The van der Waals surface area contributed by atoms with Crippen molar-refractivity contribution in [3.63, 3.8) is 0 Å². The van der Waals surface area contributed by atoms with Crippen molar-refractivity contribution in [1.82, 2.24) is 0 Å². The Morgan fingerprint density at radius 3 is 1.62 bits per heavy atom. The molecule has 1 aromatic rings. The highest BCUT2D eigenvalue weighted by molar-refractivity contribution is 5.98. The van der Waals surface area contributed by atoms with Gasteiger partial charge in [-0.15, -0.1) is 0 Å². The lowest BCUT2D eigenvalue weighted by Crippen LogP contribution is -2.25. The first-order valence-electron chi connectivity index (χ1n) is 15.4. The van der Waals surface area contributed by atoms with E-state index in [1.54, 1.807) is 13.0 Å². The minimum atomic E-state index is -1.20. The highest BCUT2D eigenvalue weighted by atomic mass is 16.7. The van der Waals surface area contributed by atoms with Crippen molar-refractivity contribution in [2.75, 3.05) is 13.2 Å². The van der Waals surface area contributed by atoms with Crippen LogP contribution in [0.5, 0.6) is 0 Å². The summed E-state index contributed by atoms with van der Waals surface area (Å²) in [7, 11) is 0. The van der Waals surface area contributed by atoms with E-state index in [0.717, 1.165) is 57.8 Å². The van der Waals surface area contributed by atoms with Crippen molar-refractivity contribution in [2.24, 2.45) is 0 Å². The van der Waals surface area contributed by atoms with Crippen LogP contribution in [0.1, 0.15) is 163 Å². The molecule has 0 bridgehead atoms. The van der Waals surface area contributed by atoms with Crippen LogP contribution in [0.3, 0.4) is 0 Å². The number of carboxylic acid groups (broad SMARTS) is 2. The van der Waals surface area contributed by atoms with Crippen LogP contribution in [-0.4, -0.2) is 47.9 Å². The summed E-state index contributed by atoms with van der Waals surface area (Å²) in [6.07, 6.45) is 8.51. The first-order valence-corrected chi connectivity index (χ1v) is 15.4. The number of carbonyl (C=O) groups is 2. The maximum absolute atomic E-state index is 12.8. The lowest BCUT2D eigenvalue weighted by Gasteiger charge is -2.29. The first-order chi connectivity index (χ1) is 19.2. The summed E-state index contributed by atoms with van der Waals surface area (Å²) in [4.78, 5) is 25.1. The number of carboxylic acids is 2. The number of ether oxygens (including phenoxy) is 4. The van der Waals surface area contributed by atoms with Gasteiger partial charge in [0.05, 0.1) is 23.3 Å². The summed E-state index contributed by atoms with van der Waals surface area (Å²) in [6, 6.07) is 3.05. The Morgan fingerprint density at radius 2 is 1.18 bits per heavy atom. The Hall–Kier alpha value is -2.00. The molecule has 8 nitrogen and oxygen atoms in total. The summed E-state index contributed by atoms with van der Waals surface area (Å²) in [5, 5.41) is 20.5. The van der Waals surface area contributed by atoms with Gasteiger partial charge in [0.25, 0.3) is 0 Å². The number of rotatable bonds is 24. The normalized spacial score (nSPS) is 14.6. The van der Waals surface area contributed by atoms with Gasteiger partial charge < -0.3 is 29.2 Å². The largest absolute Gasteiger partial charge is 0.478 e. The number of aromatic carboxylic acids is 2. The van der Waals surface area contributed by atoms with Crippen LogP contribution in [0.4, 0.5) is 0 Å². The molecule has 4 unspecified atom stereocenters. The molecule has 0 radical (unpaired) electrons. The van der Waals surface area contributed by atoms with E-state index >= 15 is 0 Å². The molecule has 1 rings (SSSR count). The molecule has 0 spiro atoms. The summed E-state index contributed by atoms with van der Waals surface area (Å²) < 4.78 is 24.2. The molecule has 230 valence electrons. The molecule has 40 heavy (non-hydrogen) atoms. The Bertz CT molecular complexity index is 856. The highest BCUT2D eigenvalue weighted by Crippen LogP contribution is 2.37. The maximum Gasteiger partial charge on any atom is 0.336 e. The Labute approximate surface area is 241 Å². The van der Waals surface area contributed by atoms with E-state index in [4.69, 9.17) is 18.9 Å². The Kier molecular flexibility index (Phi) is 18.7. The van der Waals surface area contributed by atoms with Crippen LogP contribution in [-0.2, 0) is 18.9 Å². The molecule has 0 saturated heterocycles. The molecule has 8 heteroatoms. The average molecular weight is 567 g/mol. The Balaban J connectivity index is 3.35. The van der Waals surface area contributed by atoms with Crippen molar-refractivity contribution in [3.8, 4) is 0 Å². The fourth-order valence-electron chi connectivity index (χ4n) is 4.86. The third kappa shape index (κ3) is 12.7. The number of benzene rings is 1. The van der Waals surface area contributed by atoms with Gasteiger partial charge in [-0.2, -0.15) is 0 Å². The molecule has 2 N–H and O–H groups in total. The number of unbranched alkanes of at least 4 members (excludes halogenated alkanes) is 6. The van der Waals surface area contributed by atoms with Crippen LogP contribution in [0, 0.1) is 0 Å². The van der Waals surface area contributed by atoms with E-state index < -0.39 is 36.7 Å². The molecule has 0 saturated carbocycles. The second-order valence-electron chi connectivity index (χ2n) is 10.4. The lowest BCUT2D eigenvalue weighted by molar-refractivity contribution is -0.165. The smallest absolute Gasteiger partial charge is 0.336 e. The van der Waals surface area contributed by atoms with Crippen molar-refractivity contribution >= 4 is 11.9 Å². The molecule has 4 atom stereocenters. The van der Waals surface area contributed by atoms with Crippen molar-refractivity contribution in [3.05, 3.63) is 34.4 Å². The molecule has 0 aliphatic carbocycles. The topological polar surface area (TPSA) is 112 Å². The third-order valence-corrected chi connectivity index (χ3v) is 6.91. The Morgan fingerprint density at radius 1 is 0.675 bits per heavy atom. The fraction of sp³-hybridized carbons (Fsp3) is 0.750. The predicted molar refractivity (Wildman–Crippen MR) is 157 cm³/mol. The van der Waals surface area contributed by atoms with Gasteiger partial charge in [0.15, 0.2) is 12.6 Å². The molecular formula is C32H54O8. The van der Waals surface area contributed by atoms with Gasteiger partial charge in [-0.1, -0.05) is 85.1 Å². The minimum absolute atomic E-state index is 0.0675. The van der Waals surface area contributed by atoms with Gasteiger partial charge in [-0.05, 0) is 51.2 Å². The first kappa shape index (κ1) is 36.0. The molecule has 1 aromatic carbocycles. The van der Waals surface area contributed by atoms with E-state index in [2.05, 4.69) is 13.8 Å². The summed E-state index contributed by atoms with van der Waals surface area (Å²) >= 11 is 0. The molecule has 0 heterocycles. The summed E-state index contributed by atoms with van der Waals surface area (Å²) in [6.45, 7) is 13.0. The van der Waals surface area contributed by atoms with E-state index in [9.17, 15) is 19.8 Å². The van der Waals surface area contributed by atoms with E-state index in [1.807, 2.05) is 20.8 Å². The van der Waals surface area contributed by atoms with Crippen molar-refractivity contribution < 1.29 is 38.7 Å². The van der Waals surface area contributed by atoms with Gasteiger partial charge in [0.2, 0.25) is 0 Å². The van der Waals surface area contributed by atoms with E-state index in [1.165, 1.54) is 6.07 Å². The van der Waals surface area contributed by atoms with Crippen LogP contribution in [0.15, 0.2) is 12.1 Å². The molecular weight excluding hydrogens is 512 g/mol. The van der Waals surface area contributed by atoms with Crippen LogP contribution in [0.2, 0.25) is 0 Å². The summed E-state index contributed by atoms with van der Waals surface area (Å²) in [5.41, 5.74) is 0.458. The van der Waals surface area contributed by atoms with Gasteiger partial charge in [-0.3, -0.25) is 0 Å². The van der Waals surface area contributed by atoms with Gasteiger partial charge in [-0.25, -0.2) is 9.59 Å². The molecule has 0 amide bonds. The molecule has 0 fully saturated rings. The lowest BCUT2D eigenvalue weighted by atomic mass is 9.87. The standard InChI is InChI=1S/C32H54O8/c1-7-11-13-15-21-37-23(5)39-27(17-9-3)25-19-20-26(31(33)34)29(30(25)32(35)36)28(18-10-4)40-24(6)38-22-16-14-12-8-2/h19-20,23-24,27-28H,7-18,21-22H2,1-6H3,(H,33,34)(H,35,36). The minimum Gasteiger partial charge on any atom is -0.478 e. The summed E-state index contributed by atoms with van der Waals surface area (Å²) in [5.74, 6) is -2.40. The molecule has 0 aromatic heterocycles. The molecule has 0 aliphatic heterocycles. The van der Waals surface area contributed by atoms with E-state index in [-0.39, 0.29) is 16.7 Å². The SMILES string of the molecule is CCCCCCOC(C)OC(CCC)c1ccc(C(=O)O)c(C(CCC)OC(C)OCCCCCC)c1C(=O)O. The highest BCUT2D eigenvalue weighted by Gasteiger charge is 2.32. The van der Waals surface area contributed by atoms with Crippen LogP contribution >= 0.6 is 0 Å². The van der Waals surface area contributed by atoms with Gasteiger partial charge in [0, 0.05) is 18.8 Å². The maximum atomic E-state index is 12.8. The van der Waals surface area contributed by atoms with Gasteiger partial charge >= 0.3 is 11.9 Å². The zero-order valence-corrected chi connectivity index (χ0v) is 25.7. The number of hydrogen-bond acceptors (Lipinski definition) is 6. The number of hydrogen-bond donors (Lipinski definition) is 2. The van der Waals surface area contributed by atoms with E-state index in [0.29, 0.717) is 38.0 Å². The van der Waals surface area contributed by atoms with Gasteiger partial charge in [0.1, 0.15) is 0 Å².